The summed E-state index contributed by atoms with van der Waals surface area (Å²) >= 11 is 5.88. The second-order valence-electron chi connectivity index (χ2n) is 4.24. The van der Waals surface area contributed by atoms with Crippen LogP contribution in [0.4, 0.5) is 0 Å². The second-order valence-corrected chi connectivity index (χ2v) is 4.67. The van der Waals surface area contributed by atoms with E-state index < -0.39 is 6.04 Å². The summed E-state index contributed by atoms with van der Waals surface area (Å²) in [6.07, 6.45) is 0. The van der Waals surface area contributed by atoms with E-state index in [1.54, 1.807) is 6.07 Å². The molecule has 0 saturated carbocycles. The van der Waals surface area contributed by atoms with Crippen LogP contribution in [0.2, 0.25) is 5.02 Å². The van der Waals surface area contributed by atoms with Crippen molar-refractivity contribution in [1.82, 2.24) is 5.32 Å². The molecule has 0 aliphatic rings. The Bertz CT molecular complexity index is 557. The molecule has 2 aromatic carbocycles. The number of hydrogen-bond acceptors (Lipinski definition) is 2. The summed E-state index contributed by atoms with van der Waals surface area (Å²) in [6.45, 7) is 0.417. The van der Waals surface area contributed by atoms with Crippen LogP contribution >= 0.6 is 11.6 Å². The average Bonchev–Trinajstić information content (AvgIpc) is 2.45. The van der Waals surface area contributed by atoms with Crippen LogP contribution in [-0.2, 0) is 11.3 Å². The fraction of sp³-hybridized carbons (Fsp3) is 0.133. The molecule has 0 saturated heterocycles. The lowest BCUT2D eigenvalue weighted by atomic mass is 10.1. The first-order chi connectivity index (χ1) is 9.16. The predicted molar refractivity (Wildman–Crippen MR) is 76.7 cm³/mol. The van der Waals surface area contributed by atoms with Gasteiger partial charge in [0.25, 0.3) is 0 Å². The quantitative estimate of drug-likeness (QED) is 0.901. The Labute approximate surface area is 117 Å². The molecule has 19 heavy (non-hydrogen) atoms. The summed E-state index contributed by atoms with van der Waals surface area (Å²) in [5.74, 6) is -0.203. The summed E-state index contributed by atoms with van der Waals surface area (Å²) < 4.78 is 0. The number of nitrogens with one attached hydrogen (secondary N) is 1. The monoisotopic (exact) mass is 274 g/mol. The zero-order chi connectivity index (χ0) is 13.7. The van der Waals surface area contributed by atoms with Gasteiger partial charge >= 0.3 is 0 Å². The molecule has 4 heteroatoms. The van der Waals surface area contributed by atoms with E-state index in [9.17, 15) is 4.79 Å². The number of hydrogen-bond donors (Lipinski definition) is 2. The minimum absolute atomic E-state index is 0.203. The highest BCUT2D eigenvalue weighted by atomic mass is 35.5. The van der Waals surface area contributed by atoms with Crippen molar-refractivity contribution in [3.05, 3.63) is 70.7 Å². The number of nitrogens with two attached hydrogens (primary N) is 1. The van der Waals surface area contributed by atoms with Crippen molar-refractivity contribution in [3.8, 4) is 0 Å². The Kier molecular flexibility index (Phi) is 4.55. The van der Waals surface area contributed by atoms with Gasteiger partial charge in [0, 0.05) is 11.6 Å². The zero-order valence-corrected chi connectivity index (χ0v) is 11.1. The number of halogens is 1. The van der Waals surface area contributed by atoms with Crippen molar-refractivity contribution in [2.45, 2.75) is 12.6 Å². The first-order valence-electron chi connectivity index (χ1n) is 5.99. The van der Waals surface area contributed by atoms with E-state index in [4.69, 9.17) is 17.3 Å². The van der Waals surface area contributed by atoms with Crippen LogP contribution in [0, 0.1) is 0 Å². The van der Waals surface area contributed by atoms with Crippen molar-refractivity contribution in [2.24, 2.45) is 5.73 Å². The van der Waals surface area contributed by atoms with Crippen molar-refractivity contribution < 1.29 is 4.79 Å². The van der Waals surface area contributed by atoms with Crippen molar-refractivity contribution >= 4 is 17.5 Å². The van der Waals surface area contributed by atoms with Gasteiger partial charge in [-0.15, -0.1) is 0 Å². The van der Waals surface area contributed by atoms with Gasteiger partial charge in [-0.05, 0) is 23.3 Å². The molecule has 0 aromatic heterocycles. The van der Waals surface area contributed by atoms with E-state index in [2.05, 4.69) is 5.32 Å². The Morgan fingerprint density at radius 2 is 1.89 bits per heavy atom. The lowest BCUT2D eigenvalue weighted by Crippen LogP contribution is -2.33. The van der Waals surface area contributed by atoms with Crippen molar-refractivity contribution in [1.29, 1.82) is 0 Å². The first kappa shape index (κ1) is 13.6. The third-order valence-electron chi connectivity index (χ3n) is 2.80. The summed E-state index contributed by atoms with van der Waals surface area (Å²) in [6, 6.07) is 16.0. The number of rotatable bonds is 4. The predicted octanol–water partition coefficient (Wildman–Crippen LogP) is 2.66. The van der Waals surface area contributed by atoms with Crippen LogP contribution in [0.3, 0.4) is 0 Å². The normalized spacial score (nSPS) is 11.9. The fourth-order valence-electron chi connectivity index (χ4n) is 1.76. The van der Waals surface area contributed by atoms with Gasteiger partial charge in [0.2, 0.25) is 5.91 Å². The molecule has 3 N–H and O–H groups in total. The van der Waals surface area contributed by atoms with Gasteiger partial charge in [-0.2, -0.15) is 0 Å². The van der Waals surface area contributed by atoms with Crippen LogP contribution in [0.25, 0.3) is 0 Å². The number of carbonyl (C=O) groups is 1. The highest BCUT2D eigenvalue weighted by molar-refractivity contribution is 6.30. The second kappa shape index (κ2) is 6.36. The molecule has 0 aliphatic heterocycles. The Morgan fingerprint density at radius 1 is 1.16 bits per heavy atom. The minimum Gasteiger partial charge on any atom is -0.350 e. The number of benzene rings is 2. The van der Waals surface area contributed by atoms with E-state index in [-0.39, 0.29) is 5.91 Å². The molecule has 0 aliphatic carbocycles. The van der Waals surface area contributed by atoms with Gasteiger partial charge in [0.15, 0.2) is 0 Å². The van der Waals surface area contributed by atoms with Crippen LogP contribution in [0.1, 0.15) is 17.2 Å². The third kappa shape index (κ3) is 3.81. The Hall–Kier alpha value is -1.84. The molecular weight excluding hydrogens is 260 g/mol. The maximum Gasteiger partial charge on any atom is 0.241 e. The SMILES string of the molecule is N[C@H](C(=O)NCc1cccc(Cl)c1)c1ccccc1. The summed E-state index contributed by atoms with van der Waals surface area (Å²) in [4.78, 5) is 11.9. The molecule has 0 spiro atoms. The van der Waals surface area contributed by atoms with Crippen molar-refractivity contribution in [2.75, 3.05) is 0 Å². The lowest BCUT2D eigenvalue weighted by Gasteiger charge is -2.12. The van der Waals surface area contributed by atoms with Gasteiger partial charge in [0.05, 0.1) is 0 Å². The Morgan fingerprint density at radius 3 is 2.58 bits per heavy atom. The van der Waals surface area contributed by atoms with E-state index in [1.807, 2.05) is 48.5 Å². The van der Waals surface area contributed by atoms with E-state index in [1.165, 1.54) is 0 Å². The summed E-state index contributed by atoms with van der Waals surface area (Å²) in [5, 5.41) is 3.45. The van der Waals surface area contributed by atoms with E-state index in [0.29, 0.717) is 11.6 Å². The van der Waals surface area contributed by atoms with Crippen LogP contribution in [0.5, 0.6) is 0 Å². The molecule has 2 aromatic rings. The maximum atomic E-state index is 11.9. The van der Waals surface area contributed by atoms with Gasteiger partial charge in [-0.3, -0.25) is 4.79 Å². The van der Waals surface area contributed by atoms with Crippen LogP contribution < -0.4 is 11.1 Å². The molecule has 0 bridgehead atoms. The fourth-order valence-corrected chi connectivity index (χ4v) is 1.97. The van der Waals surface area contributed by atoms with Crippen LogP contribution in [0.15, 0.2) is 54.6 Å². The molecule has 0 heterocycles. The average molecular weight is 275 g/mol. The minimum atomic E-state index is -0.652. The highest BCUT2D eigenvalue weighted by Crippen LogP contribution is 2.12. The van der Waals surface area contributed by atoms with Gasteiger partial charge < -0.3 is 11.1 Å². The Balaban J connectivity index is 1.95. The lowest BCUT2D eigenvalue weighted by molar-refractivity contribution is -0.122. The zero-order valence-electron chi connectivity index (χ0n) is 10.3. The van der Waals surface area contributed by atoms with Gasteiger partial charge in [-0.1, -0.05) is 54.1 Å². The molecule has 3 nitrogen and oxygen atoms in total. The summed E-state index contributed by atoms with van der Waals surface area (Å²) in [7, 11) is 0. The van der Waals surface area contributed by atoms with Crippen molar-refractivity contribution in [3.63, 3.8) is 0 Å². The standard InChI is InChI=1S/C15H15ClN2O/c16-13-8-4-5-11(9-13)10-18-15(19)14(17)12-6-2-1-3-7-12/h1-9,14H,10,17H2,(H,18,19)/t14-/m0/s1. The number of amides is 1. The number of carbonyl (C=O) groups excluding carboxylic acids is 1. The van der Waals surface area contributed by atoms with E-state index >= 15 is 0 Å². The van der Waals surface area contributed by atoms with Gasteiger partial charge in [-0.25, -0.2) is 0 Å². The smallest absolute Gasteiger partial charge is 0.241 e. The highest BCUT2D eigenvalue weighted by Gasteiger charge is 2.14. The summed E-state index contributed by atoms with van der Waals surface area (Å²) in [5.41, 5.74) is 7.64. The molecule has 1 atom stereocenters. The molecule has 1 amide bonds. The topological polar surface area (TPSA) is 55.1 Å². The first-order valence-corrected chi connectivity index (χ1v) is 6.37. The largest absolute Gasteiger partial charge is 0.350 e. The van der Waals surface area contributed by atoms with Gasteiger partial charge in [0.1, 0.15) is 6.04 Å². The molecule has 98 valence electrons. The van der Waals surface area contributed by atoms with Crippen LogP contribution in [-0.4, -0.2) is 5.91 Å². The molecule has 0 radical (unpaired) electrons. The molecule has 0 unspecified atom stereocenters. The molecular formula is C15H15ClN2O. The maximum absolute atomic E-state index is 11.9. The molecule has 2 rings (SSSR count). The third-order valence-corrected chi connectivity index (χ3v) is 3.03. The molecule has 0 fully saturated rings. The van der Waals surface area contributed by atoms with E-state index in [0.717, 1.165) is 11.1 Å².